The molecule has 0 atom stereocenters. The summed E-state index contributed by atoms with van der Waals surface area (Å²) in [4.78, 5) is 12.4. The van der Waals surface area contributed by atoms with E-state index in [0.29, 0.717) is 18.5 Å². The van der Waals surface area contributed by atoms with Crippen molar-refractivity contribution in [2.45, 2.75) is 6.42 Å². The molecule has 5 heteroatoms. The van der Waals surface area contributed by atoms with Crippen LogP contribution in [0.5, 0.6) is 0 Å². The zero-order chi connectivity index (χ0) is 15.8. The molecule has 1 aliphatic heterocycles. The van der Waals surface area contributed by atoms with Crippen LogP contribution in [0.25, 0.3) is 10.1 Å². The van der Waals surface area contributed by atoms with Crippen LogP contribution >= 0.6 is 11.3 Å². The van der Waals surface area contributed by atoms with E-state index >= 15 is 0 Å². The van der Waals surface area contributed by atoms with Crippen LogP contribution in [0.3, 0.4) is 0 Å². The summed E-state index contributed by atoms with van der Waals surface area (Å²) in [6.45, 7) is 0.520. The van der Waals surface area contributed by atoms with Gasteiger partial charge in [-0.3, -0.25) is 4.79 Å². The number of carbonyl (C=O) groups is 1. The largest absolute Gasteiger partial charge is 0.274 e. The number of hydrogen-bond donors (Lipinski definition) is 0. The summed E-state index contributed by atoms with van der Waals surface area (Å²) in [7, 11) is 0. The van der Waals surface area contributed by atoms with Gasteiger partial charge in [-0.1, -0.05) is 12.1 Å². The van der Waals surface area contributed by atoms with Crippen molar-refractivity contribution in [1.29, 1.82) is 0 Å². The molecule has 0 aliphatic carbocycles. The lowest BCUT2D eigenvalue weighted by molar-refractivity contribution is 0.0778. The smallest absolute Gasteiger partial charge is 0.267 e. The van der Waals surface area contributed by atoms with Crippen LogP contribution in [0, 0.1) is 5.82 Å². The molecule has 0 bridgehead atoms. The third kappa shape index (κ3) is 2.64. The van der Waals surface area contributed by atoms with E-state index in [4.69, 9.17) is 0 Å². The Kier molecular flexibility index (Phi) is 3.42. The normalized spacial score (nSPS) is 14.3. The predicted molar refractivity (Wildman–Crippen MR) is 90.4 cm³/mol. The highest BCUT2D eigenvalue weighted by atomic mass is 32.1. The Morgan fingerprint density at radius 3 is 2.96 bits per heavy atom. The van der Waals surface area contributed by atoms with Crippen LogP contribution in [-0.4, -0.2) is 23.2 Å². The van der Waals surface area contributed by atoms with Crippen molar-refractivity contribution >= 4 is 33.0 Å². The lowest BCUT2D eigenvalue weighted by Crippen LogP contribution is -2.23. The summed E-state index contributed by atoms with van der Waals surface area (Å²) in [5.74, 6) is -0.682. The monoisotopic (exact) mass is 324 g/mol. The fourth-order valence-corrected chi connectivity index (χ4v) is 3.49. The molecule has 0 saturated heterocycles. The molecule has 0 fully saturated rings. The average Bonchev–Trinajstić information content (AvgIpc) is 3.22. The van der Waals surface area contributed by atoms with E-state index in [1.807, 2.05) is 6.07 Å². The molecule has 0 N–H and O–H groups in total. The number of thiophene rings is 1. The van der Waals surface area contributed by atoms with E-state index in [0.717, 1.165) is 11.3 Å². The summed E-state index contributed by atoms with van der Waals surface area (Å²) in [6, 6.07) is 14.0. The Morgan fingerprint density at radius 1 is 1.17 bits per heavy atom. The first-order valence-electron chi connectivity index (χ1n) is 7.33. The maximum atomic E-state index is 13.3. The number of benzene rings is 2. The number of hydrogen-bond acceptors (Lipinski definition) is 3. The van der Waals surface area contributed by atoms with Gasteiger partial charge in [0, 0.05) is 16.7 Å². The molecule has 0 spiro atoms. The minimum atomic E-state index is -0.415. The maximum absolute atomic E-state index is 13.3. The molecule has 23 heavy (non-hydrogen) atoms. The summed E-state index contributed by atoms with van der Waals surface area (Å²) < 4.78 is 14.5. The van der Waals surface area contributed by atoms with E-state index in [-0.39, 0.29) is 5.91 Å². The van der Waals surface area contributed by atoms with Gasteiger partial charge in [-0.15, -0.1) is 11.3 Å². The molecular formula is C18H13FN2OS. The minimum absolute atomic E-state index is 0.267. The van der Waals surface area contributed by atoms with Crippen LogP contribution in [-0.2, 0) is 0 Å². The Bertz CT molecular complexity index is 931. The van der Waals surface area contributed by atoms with Crippen LogP contribution in [0.15, 0.2) is 59.0 Å². The second-order valence-electron chi connectivity index (χ2n) is 5.41. The third-order valence-electron chi connectivity index (χ3n) is 3.89. The van der Waals surface area contributed by atoms with Gasteiger partial charge in [0.1, 0.15) is 5.82 Å². The molecule has 1 amide bonds. The first-order chi connectivity index (χ1) is 11.2. The van der Waals surface area contributed by atoms with Gasteiger partial charge in [0.25, 0.3) is 5.91 Å². The number of hydrazone groups is 1. The number of carbonyl (C=O) groups excluding carboxylic acids is 1. The van der Waals surface area contributed by atoms with Gasteiger partial charge >= 0.3 is 0 Å². The van der Waals surface area contributed by atoms with Crippen molar-refractivity contribution in [3.05, 3.63) is 70.9 Å². The Labute approximate surface area is 136 Å². The molecule has 2 heterocycles. The third-order valence-corrected chi connectivity index (χ3v) is 4.79. The zero-order valence-electron chi connectivity index (χ0n) is 12.2. The summed E-state index contributed by atoms with van der Waals surface area (Å²) in [5.41, 5.74) is 2.25. The van der Waals surface area contributed by atoms with Crippen LogP contribution in [0.1, 0.15) is 22.3 Å². The van der Waals surface area contributed by atoms with Crippen molar-refractivity contribution in [3.8, 4) is 0 Å². The highest BCUT2D eigenvalue weighted by molar-refractivity contribution is 7.17. The highest BCUT2D eigenvalue weighted by Gasteiger charge is 2.23. The average molecular weight is 324 g/mol. The fourth-order valence-electron chi connectivity index (χ4n) is 2.72. The summed E-state index contributed by atoms with van der Waals surface area (Å²) in [6.07, 6.45) is 0.705. The van der Waals surface area contributed by atoms with E-state index in [2.05, 4.69) is 28.7 Å². The number of rotatable bonds is 2. The Morgan fingerprint density at radius 2 is 2.09 bits per heavy atom. The van der Waals surface area contributed by atoms with E-state index in [1.54, 1.807) is 17.4 Å². The van der Waals surface area contributed by atoms with Crippen molar-refractivity contribution in [2.75, 3.05) is 6.54 Å². The Balaban J connectivity index is 1.62. The quantitative estimate of drug-likeness (QED) is 0.692. The van der Waals surface area contributed by atoms with Crippen LogP contribution in [0.4, 0.5) is 4.39 Å². The van der Waals surface area contributed by atoms with Crippen LogP contribution in [0.2, 0.25) is 0 Å². The lowest BCUT2D eigenvalue weighted by Gasteiger charge is -2.11. The fraction of sp³-hybridized carbons (Fsp3) is 0.111. The summed E-state index contributed by atoms with van der Waals surface area (Å²) in [5, 5.41) is 9.10. The first-order valence-corrected chi connectivity index (χ1v) is 8.21. The predicted octanol–water partition coefficient (Wildman–Crippen LogP) is 4.29. The molecular weight excluding hydrogens is 311 g/mol. The van der Waals surface area contributed by atoms with Gasteiger partial charge in [-0.25, -0.2) is 9.40 Å². The minimum Gasteiger partial charge on any atom is -0.267 e. The zero-order valence-corrected chi connectivity index (χ0v) is 13.0. The second-order valence-corrected chi connectivity index (χ2v) is 6.36. The SMILES string of the molecule is O=C(c1cccc(F)c1)N1CCC(c2ccc3sccc3c2)=N1. The molecule has 4 rings (SSSR count). The number of fused-ring (bicyclic) bond motifs is 1. The van der Waals surface area contributed by atoms with Crippen molar-refractivity contribution in [2.24, 2.45) is 5.10 Å². The molecule has 0 unspecified atom stereocenters. The topological polar surface area (TPSA) is 32.7 Å². The number of nitrogens with zero attached hydrogens (tertiary/aromatic N) is 2. The van der Waals surface area contributed by atoms with Gasteiger partial charge in [-0.2, -0.15) is 5.10 Å². The molecule has 3 nitrogen and oxygen atoms in total. The molecule has 1 aromatic heterocycles. The standard InChI is InChI=1S/C18H13FN2OS/c19-15-3-1-2-14(11-15)18(22)21-8-6-16(20-21)12-4-5-17-13(10-12)7-9-23-17/h1-5,7,9-11H,6,8H2. The van der Waals surface area contributed by atoms with E-state index in [9.17, 15) is 9.18 Å². The first kappa shape index (κ1) is 14.1. The van der Waals surface area contributed by atoms with E-state index in [1.165, 1.54) is 33.3 Å². The molecule has 1 aliphatic rings. The lowest BCUT2D eigenvalue weighted by atomic mass is 10.1. The molecule has 0 saturated carbocycles. The van der Waals surface area contributed by atoms with Gasteiger partial charge in [-0.05, 0) is 52.7 Å². The summed E-state index contributed by atoms with van der Waals surface area (Å²) >= 11 is 1.70. The van der Waals surface area contributed by atoms with E-state index < -0.39 is 5.82 Å². The maximum Gasteiger partial charge on any atom is 0.274 e. The van der Waals surface area contributed by atoms with Gasteiger partial charge in [0.2, 0.25) is 0 Å². The molecule has 2 aromatic carbocycles. The van der Waals surface area contributed by atoms with Crippen LogP contribution < -0.4 is 0 Å². The second kappa shape index (κ2) is 5.59. The highest BCUT2D eigenvalue weighted by Crippen LogP contribution is 2.24. The molecule has 114 valence electrons. The van der Waals surface area contributed by atoms with Gasteiger partial charge in [0.05, 0.1) is 12.3 Å². The van der Waals surface area contributed by atoms with Gasteiger partial charge in [0.15, 0.2) is 0 Å². The number of halogens is 1. The molecule has 0 radical (unpaired) electrons. The Hall–Kier alpha value is -2.53. The van der Waals surface area contributed by atoms with Crippen molar-refractivity contribution < 1.29 is 9.18 Å². The van der Waals surface area contributed by atoms with Gasteiger partial charge < -0.3 is 0 Å². The van der Waals surface area contributed by atoms with Crippen molar-refractivity contribution in [3.63, 3.8) is 0 Å². The molecule has 3 aromatic rings. The number of amides is 1. The van der Waals surface area contributed by atoms with Crippen molar-refractivity contribution in [1.82, 2.24) is 5.01 Å².